The minimum absolute atomic E-state index is 0.0484. The van der Waals surface area contributed by atoms with Gasteiger partial charge in [0.15, 0.2) is 5.69 Å². The van der Waals surface area contributed by atoms with Crippen molar-refractivity contribution >= 4 is 34.9 Å². The summed E-state index contributed by atoms with van der Waals surface area (Å²) in [6.45, 7) is 1.74. The van der Waals surface area contributed by atoms with E-state index < -0.39 is 17.9 Å². The van der Waals surface area contributed by atoms with Gasteiger partial charge in [0.25, 0.3) is 11.8 Å². The van der Waals surface area contributed by atoms with Crippen LogP contribution in [-0.4, -0.2) is 72.6 Å². The smallest absolute Gasteiger partial charge is 0.270 e. The van der Waals surface area contributed by atoms with Crippen molar-refractivity contribution in [3.05, 3.63) is 40.4 Å². The van der Waals surface area contributed by atoms with E-state index in [2.05, 4.69) is 9.69 Å². The summed E-state index contributed by atoms with van der Waals surface area (Å²) in [5, 5.41) is 2.95. The Kier molecular flexibility index (Phi) is 8.39. The first kappa shape index (κ1) is 25.9. The molecule has 1 aromatic carbocycles. The lowest BCUT2D eigenvalue weighted by molar-refractivity contribution is -0.126. The van der Waals surface area contributed by atoms with E-state index >= 15 is 0 Å². The number of methoxy groups -OCH3 is 1. The number of nitrogens with two attached hydrogens (primary N) is 2. The quantitative estimate of drug-likeness (QED) is 0.427. The normalized spacial score (nSPS) is 20.1. The van der Waals surface area contributed by atoms with Crippen LogP contribution < -0.4 is 21.5 Å². The number of nitrogens with zero attached hydrogens (tertiary/aromatic N) is 2. The van der Waals surface area contributed by atoms with Crippen molar-refractivity contribution < 1.29 is 28.6 Å². The van der Waals surface area contributed by atoms with Crippen molar-refractivity contribution in [3.8, 4) is 5.75 Å². The number of anilines is 1. The van der Waals surface area contributed by atoms with E-state index in [-0.39, 0.29) is 40.9 Å². The highest BCUT2D eigenvalue weighted by Crippen LogP contribution is 2.31. The zero-order valence-corrected chi connectivity index (χ0v) is 20.9. The van der Waals surface area contributed by atoms with Gasteiger partial charge in [0.1, 0.15) is 16.7 Å². The van der Waals surface area contributed by atoms with Gasteiger partial charge in [0, 0.05) is 26.3 Å². The molecule has 3 amide bonds. The lowest BCUT2D eigenvalue weighted by Gasteiger charge is -2.33. The number of hydrogen-bond donors (Lipinski definition) is 3. The third kappa shape index (κ3) is 5.77. The third-order valence-electron chi connectivity index (χ3n) is 6.36. The number of benzene rings is 1. The monoisotopic (exact) mass is 517 g/mol. The largest absolute Gasteiger partial charge is 0.497 e. The highest BCUT2D eigenvalue weighted by molar-refractivity contribution is 7.09. The summed E-state index contributed by atoms with van der Waals surface area (Å²) in [5.41, 5.74) is 11.8. The Labute approximate surface area is 213 Å². The molecule has 2 fully saturated rings. The fourth-order valence-corrected chi connectivity index (χ4v) is 5.21. The molecule has 1 aromatic heterocycles. The predicted octanol–water partition coefficient (Wildman–Crippen LogP) is 1.49. The molecule has 36 heavy (non-hydrogen) atoms. The second kappa shape index (κ2) is 11.7. The van der Waals surface area contributed by atoms with Gasteiger partial charge >= 0.3 is 0 Å². The van der Waals surface area contributed by atoms with Crippen molar-refractivity contribution in [2.75, 3.05) is 39.1 Å². The fraction of sp³-hybridized carbons (Fsp3) is 0.500. The van der Waals surface area contributed by atoms with Crippen molar-refractivity contribution in [3.63, 3.8) is 0 Å². The molecule has 3 atom stereocenters. The van der Waals surface area contributed by atoms with Crippen LogP contribution in [0.5, 0.6) is 5.75 Å². The Balaban J connectivity index is 1.70. The Morgan fingerprint density at radius 1 is 1.17 bits per heavy atom. The molecule has 0 unspecified atom stereocenters. The van der Waals surface area contributed by atoms with Gasteiger partial charge in [-0.05, 0) is 54.9 Å². The lowest BCUT2D eigenvalue weighted by Crippen LogP contribution is -2.47. The molecular formula is C24H31N5O6S. The maximum Gasteiger partial charge on any atom is 0.270 e. The summed E-state index contributed by atoms with van der Waals surface area (Å²) in [7, 11) is 1.55. The molecule has 194 valence electrons. The van der Waals surface area contributed by atoms with Crippen molar-refractivity contribution in [2.45, 2.75) is 43.9 Å². The first-order chi connectivity index (χ1) is 17.4. The van der Waals surface area contributed by atoms with Crippen LogP contribution in [0.25, 0.3) is 0 Å². The molecule has 3 heterocycles. The molecule has 2 aliphatic heterocycles. The van der Waals surface area contributed by atoms with Gasteiger partial charge in [-0.1, -0.05) is 12.1 Å². The van der Waals surface area contributed by atoms with Crippen LogP contribution in [0, 0.1) is 0 Å². The zero-order chi connectivity index (χ0) is 25.7. The average molecular weight is 518 g/mol. The molecule has 5 N–H and O–H groups in total. The van der Waals surface area contributed by atoms with Crippen LogP contribution in [0.4, 0.5) is 5.69 Å². The van der Waals surface area contributed by atoms with Crippen molar-refractivity contribution in [1.29, 1.82) is 0 Å². The number of nitrogen functional groups attached to an aromatic ring is 1. The number of ether oxygens (including phenoxy) is 3. The molecule has 2 saturated heterocycles. The topological polar surface area (TPSA) is 159 Å². The summed E-state index contributed by atoms with van der Waals surface area (Å²) in [6, 6.07) is 5.96. The van der Waals surface area contributed by atoms with Gasteiger partial charge < -0.3 is 35.9 Å². The van der Waals surface area contributed by atoms with E-state index in [1.165, 1.54) is 4.90 Å². The SMILES string of the molecule is COc1ccc([C@H](C(=O)NC[C@H]2CCCO2)N(C[C@@H]2CCCO2)C(=O)c2snc(C(N)=O)c2N)cc1. The van der Waals surface area contributed by atoms with E-state index in [4.69, 9.17) is 25.7 Å². The van der Waals surface area contributed by atoms with Gasteiger partial charge in [-0.25, -0.2) is 0 Å². The van der Waals surface area contributed by atoms with Crippen LogP contribution in [-0.2, 0) is 14.3 Å². The second-order valence-corrected chi connectivity index (χ2v) is 9.56. The standard InChI is InChI=1S/C24H31N5O6S/c1-33-15-8-6-14(7-9-15)20(23(31)27-12-16-4-2-10-34-16)29(13-17-5-3-11-35-17)24(32)21-18(25)19(22(26)30)28-36-21/h6-9,16-17,20H,2-5,10-13,25H2,1H3,(H2,26,30)(H,27,31)/t16-,17+,20-/m1/s1. The van der Waals surface area contributed by atoms with E-state index in [1.807, 2.05) is 0 Å². The van der Waals surface area contributed by atoms with Gasteiger partial charge in [0.05, 0.1) is 25.0 Å². The van der Waals surface area contributed by atoms with E-state index in [9.17, 15) is 14.4 Å². The third-order valence-corrected chi connectivity index (χ3v) is 7.21. The minimum atomic E-state index is -0.993. The lowest BCUT2D eigenvalue weighted by atomic mass is 10.0. The summed E-state index contributed by atoms with van der Waals surface area (Å²) in [4.78, 5) is 40.7. The maximum atomic E-state index is 13.9. The number of nitrogens with one attached hydrogen (secondary N) is 1. The molecule has 0 aliphatic carbocycles. The summed E-state index contributed by atoms with van der Waals surface area (Å²) in [6.07, 6.45) is 3.10. The minimum Gasteiger partial charge on any atom is -0.497 e. The van der Waals surface area contributed by atoms with Crippen LogP contribution in [0.2, 0.25) is 0 Å². The summed E-state index contributed by atoms with van der Waals surface area (Å²) in [5.74, 6) is -1.09. The van der Waals surface area contributed by atoms with Crippen LogP contribution in [0.15, 0.2) is 24.3 Å². The number of amides is 3. The van der Waals surface area contributed by atoms with Crippen molar-refractivity contribution in [1.82, 2.24) is 14.6 Å². The number of carbonyl (C=O) groups excluding carboxylic acids is 3. The maximum absolute atomic E-state index is 13.9. The second-order valence-electron chi connectivity index (χ2n) is 8.79. The number of rotatable bonds is 10. The number of aromatic nitrogens is 1. The Morgan fingerprint density at radius 3 is 2.39 bits per heavy atom. The van der Waals surface area contributed by atoms with Gasteiger partial charge in [-0.2, -0.15) is 4.37 Å². The average Bonchev–Trinajstić information content (AvgIpc) is 3.65. The molecule has 4 rings (SSSR count). The van der Waals surface area contributed by atoms with E-state index in [1.54, 1.807) is 31.4 Å². The van der Waals surface area contributed by atoms with Gasteiger partial charge in [-0.3, -0.25) is 14.4 Å². The first-order valence-electron chi connectivity index (χ1n) is 11.9. The Hall–Kier alpha value is -3.22. The van der Waals surface area contributed by atoms with Crippen LogP contribution in [0.3, 0.4) is 0 Å². The van der Waals surface area contributed by atoms with Crippen LogP contribution in [0.1, 0.15) is 57.4 Å². The molecule has 0 bridgehead atoms. The predicted molar refractivity (Wildman–Crippen MR) is 133 cm³/mol. The Morgan fingerprint density at radius 2 is 1.83 bits per heavy atom. The molecule has 0 spiro atoms. The molecular weight excluding hydrogens is 486 g/mol. The molecule has 0 radical (unpaired) electrons. The zero-order valence-electron chi connectivity index (χ0n) is 20.1. The van der Waals surface area contributed by atoms with Crippen molar-refractivity contribution in [2.24, 2.45) is 5.73 Å². The van der Waals surface area contributed by atoms with E-state index in [0.29, 0.717) is 31.1 Å². The number of carbonyl (C=O) groups is 3. The van der Waals surface area contributed by atoms with Crippen LogP contribution >= 0.6 is 11.5 Å². The summed E-state index contributed by atoms with van der Waals surface area (Å²) < 4.78 is 20.7. The Bertz CT molecular complexity index is 1080. The fourth-order valence-electron chi connectivity index (χ4n) is 4.45. The molecule has 2 aromatic rings. The first-order valence-corrected chi connectivity index (χ1v) is 12.7. The number of primary amides is 1. The van der Waals surface area contributed by atoms with Gasteiger partial charge in [-0.15, -0.1) is 0 Å². The molecule has 12 heteroatoms. The highest BCUT2D eigenvalue weighted by atomic mass is 32.1. The van der Waals surface area contributed by atoms with E-state index in [0.717, 1.165) is 37.2 Å². The molecule has 0 saturated carbocycles. The molecule has 11 nitrogen and oxygen atoms in total. The summed E-state index contributed by atoms with van der Waals surface area (Å²) >= 11 is 0.783. The van der Waals surface area contributed by atoms with Gasteiger partial charge in [0.2, 0.25) is 5.91 Å². The molecule has 2 aliphatic rings. The highest BCUT2D eigenvalue weighted by Gasteiger charge is 2.37. The number of hydrogen-bond acceptors (Lipinski definition) is 9.